The highest BCUT2D eigenvalue weighted by Gasteiger charge is 2.37. The summed E-state index contributed by atoms with van der Waals surface area (Å²) in [6, 6.07) is 11.6. The number of aromatic nitrogens is 1. The van der Waals surface area contributed by atoms with E-state index in [9.17, 15) is 14.4 Å². The third-order valence-electron chi connectivity index (χ3n) is 3.68. The largest absolute Gasteiger partial charge is 0.465 e. The van der Waals surface area contributed by atoms with E-state index in [-0.39, 0.29) is 17.7 Å². The van der Waals surface area contributed by atoms with Gasteiger partial charge >= 0.3 is 5.97 Å². The Morgan fingerprint density at radius 1 is 1.20 bits per heavy atom. The minimum atomic E-state index is -0.609. The number of esters is 1. The fraction of sp³-hybridized carbons (Fsp3) is 0.111. The van der Waals surface area contributed by atoms with Gasteiger partial charge in [-0.25, -0.2) is 14.7 Å². The molecule has 0 radical (unpaired) electrons. The summed E-state index contributed by atoms with van der Waals surface area (Å²) in [5.74, 6) is -1.48. The molecule has 25 heavy (non-hydrogen) atoms. The Bertz CT molecular complexity index is 907. The van der Waals surface area contributed by atoms with Crippen molar-refractivity contribution < 1.29 is 19.1 Å². The van der Waals surface area contributed by atoms with Crippen LogP contribution in [0.2, 0.25) is 0 Å². The number of amides is 2. The van der Waals surface area contributed by atoms with Gasteiger partial charge in [-0.2, -0.15) is 0 Å². The van der Waals surface area contributed by atoms with Crippen LogP contribution in [-0.4, -0.2) is 29.9 Å². The normalized spacial score (nSPS) is 15.8. The molecular formula is C18H13BrN2O4. The van der Waals surface area contributed by atoms with Gasteiger partial charge in [0.1, 0.15) is 4.60 Å². The van der Waals surface area contributed by atoms with Crippen LogP contribution < -0.4 is 4.90 Å². The Hall–Kier alpha value is -2.80. The number of anilines is 1. The molecule has 3 rings (SSSR count). The van der Waals surface area contributed by atoms with Gasteiger partial charge in [-0.1, -0.05) is 18.2 Å². The van der Waals surface area contributed by atoms with Crippen LogP contribution in [0.15, 0.2) is 52.6 Å². The Morgan fingerprint density at radius 2 is 1.96 bits per heavy atom. The molecule has 1 fully saturated rings. The van der Waals surface area contributed by atoms with Crippen LogP contribution in [-0.2, 0) is 14.3 Å². The van der Waals surface area contributed by atoms with Crippen LogP contribution in [0.4, 0.5) is 5.69 Å². The molecule has 0 bridgehead atoms. The number of imide groups is 1. The van der Waals surface area contributed by atoms with E-state index in [1.807, 2.05) is 0 Å². The van der Waals surface area contributed by atoms with Crippen LogP contribution in [0.5, 0.6) is 0 Å². The fourth-order valence-electron chi connectivity index (χ4n) is 2.57. The first-order chi connectivity index (χ1) is 12.0. The minimum Gasteiger partial charge on any atom is -0.465 e. The van der Waals surface area contributed by atoms with Gasteiger partial charge in [0, 0.05) is 5.57 Å². The molecule has 0 unspecified atom stereocenters. The average Bonchev–Trinajstić information content (AvgIpc) is 2.88. The number of carbonyl (C=O) groups is 3. The molecule has 1 saturated heterocycles. The number of para-hydroxylation sites is 1. The van der Waals surface area contributed by atoms with Crippen molar-refractivity contribution >= 4 is 45.5 Å². The van der Waals surface area contributed by atoms with Gasteiger partial charge in [-0.15, -0.1) is 0 Å². The van der Waals surface area contributed by atoms with Crippen molar-refractivity contribution in [1.29, 1.82) is 0 Å². The Kier molecular flexibility index (Phi) is 4.76. The fourth-order valence-corrected chi connectivity index (χ4v) is 2.92. The highest BCUT2D eigenvalue weighted by molar-refractivity contribution is 9.10. The molecule has 0 aliphatic carbocycles. The first-order valence-corrected chi connectivity index (χ1v) is 8.18. The molecule has 1 aliphatic heterocycles. The smallest absolute Gasteiger partial charge is 0.339 e. The predicted octanol–water partition coefficient (Wildman–Crippen LogP) is 2.98. The van der Waals surface area contributed by atoms with Crippen LogP contribution in [0.25, 0.3) is 6.08 Å². The zero-order valence-corrected chi connectivity index (χ0v) is 14.8. The lowest BCUT2D eigenvalue weighted by atomic mass is 10.1. The van der Waals surface area contributed by atoms with Gasteiger partial charge in [0.25, 0.3) is 5.91 Å². The lowest BCUT2D eigenvalue weighted by Crippen LogP contribution is -2.30. The van der Waals surface area contributed by atoms with Crippen molar-refractivity contribution in [3.63, 3.8) is 0 Å². The Morgan fingerprint density at radius 3 is 2.68 bits per heavy atom. The number of methoxy groups -OCH3 is 1. The summed E-state index contributed by atoms with van der Waals surface area (Å²) in [5, 5.41) is 0. The first kappa shape index (κ1) is 17.0. The van der Waals surface area contributed by atoms with Gasteiger partial charge in [0.05, 0.1) is 30.5 Å². The Balaban J connectivity index is 1.99. The highest BCUT2D eigenvalue weighted by atomic mass is 79.9. The molecule has 126 valence electrons. The van der Waals surface area contributed by atoms with E-state index in [2.05, 4.69) is 20.9 Å². The predicted molar refractivity (Wildman–Crippen MR) is 94.8 cm³/mol. The van der Waals surface area contributed by atoms with E-state index in [4.69, 9.17) is 4.74 Å². The number of benzene rings is 1. The maximum Gasteiger partial charge on any atom is 0.339 e. The quantitative estimate of drug-likeness (QED) is 0.342. The third-order valence-corrected chi connectivity index (χ3v) is 4.12. The summed E-state index contributed by atoms with van der Waals surface area (Å²) in [4.78, 5) is 42.3. The van der Waals surface area contributed by atoms with Gasteiger partial charge in [0.2, 0.25) is 5.91 Å². The molecule has 0 saturated carbocycles. The highest BCUT2D eigenvalue weighted by Crippen LogP contribution is 2.30. The van der Waals surface area contributed by atoms with E-state index < -0.39 is 17.8 Å². The van der Waals surface area contributed by atoms with Crippen molar-refractivity contribution in [3.05, 3.63) is 63.9 Å². The van der Waals surface area contributed by atoms with Crippen LogP contribution in [0.3, 0.4) is 0 Å². The summed E-state index contributed by atoms with van der Waals surface area (Å²) < 4.78 is 5.36. The van der Waals surface area contributed by atoms with Crippen LogP contribution in [0, 0.1) is 0 Å². The second-order valence-electron chi connectivity index (χ2n) is 5.27. The van der Waals surface area contributed by atoms with Gasteiger partial charge in [-0.3, -0.25) is 9.59 Å². The van der Waals surface area contributed by atoms with Crippen LogP contribution in [0.1, 0.15) is 22.5 Å². The zero-order valence-electron chi connectivity index (χ0n) is 13.2. The second kappa shape index (κ2) is 6.98. The molecule has 0 spiro atoms. The molecule has 2 amide bonds. The van der Waals surface area contributed by atoms with Gasteiger partial charge < -0.3 is 4.74 Å². The number of hydrogen-bond donors (Lipinski definition) is 0. The van der Waals surface area contributed by atoms with Gasteiger partial charge in [-0.05, 0) is 46.3 Å². The maximum atomic E-state index is 12.7. The molecule has 1 aromatic carbocycles. The van der Waals surface area contributed by atoms with Crippen molar-refractivity contribution in [2.24, 2.45) is 0 Å². The summed E-state index contributed by atoms with van der Waals surface area (Å²) in [5.41, 5.74) is 1.26. The number of rotatable bonds is 3. The maximum absolute atomic E-state index is 12.7. The molecule has 7 heteroatoms. The number of carbonyl (C=O) groups excluding carboxylic acids is 3. The van der Waals surface area contributed by atoms with E-state index in [0.717, 1.165) is 4.90 Å². The lowest BCUT2D eigenvalue weighted by Gasteiger charge is -2.16. The number of nitrogens with zero attached hydrogens (tertiary/aromatic N) is 2. The Labute approximate surface area is 152 Å². The topological polar surface area (TPSA) is 76.6 Å². The van der Waals surface area contributed by atoms with Crippen molar-refractivity contribution in [3.8, 4) is 0 Å². The monoisotopic (exact) mass is 400 g/mol. The van der Waals surface area contributed by atoms with E-state index >= 15 is 0 Å². The average molecular weight is 401 g/mol. The molecular weight excluding hydrogens is 388 g/mol. The molecule has 2 aromatic rings. The lowest BCUT2D eigenvalue weighted by molar-refractivity contribution is -0.120. The van der Waals surface area contributed by atoms with E-state index in [1.54, 1.807) is 42.5 Å². The summed E-state index contributed by atoms with van der Waals surface area (Å²) in [6.07, 6.45) is 1.52. The number of halogens is 1. The van der Waals surface area contributed by atoms with E-state index in [1.165, 1.54) is 13.2 Å². The molecule has 2 heterocycles. The zero-order chi connectivity index (χ0) is 18.0. The molecule has 0 atom stereocenters. The number of pyridine rings is 1. The minimum absolute atomic E-state index is 0.0530. The second-order valence-corrected chi connectivity index (χ2v) is 6.09. The van der Waals surface area contributed by atoms with Crippen molar-refractivity contribution in [2.45, 2.75) is 6.42 Å². The molecule has 1 aliphatic rings. The van der Waals surface area contributed by atoms with E-state index in [0.29, 0.717) is 15.9 Å². The summed E-state index contributed by atoms with van der Waals surface area (Å²) >= 11 is 3.27. The van der Waals surface area contributed by atoms with Crippen LogP contribution >= 0.6 is 15.9 Å². The standard InChI is InChI=1S/C18H13BrN2O4/c1-25-18(24)13-6-2-3-7-14(13)21-16(22)10-11(17(21)23)9-12-5-4-8-15(19)20-12/h2-9H,10H2,1H3. The molecule has 1 aromatic heterocycles. The third kappa shape index (κ3) is 3.36. The van der Waals surface area contributed by atoms with Gasteiger partial charge in [0.15, 0.2) is 0 Å². The first-order valence-electron chi connectivity index (χ1n) is 7.39. The molecule has 0 N–H and O–H groups in total. The summed E-state index contributed by atoms with van der Waals surface area (Å²) in [6.45, 7) is 0. The molecule has 6 nitrogen and oxygen atoms in total. The number of hydrogen-bond acceptors (Lipinski definition) is 5. The number of ether oxygens (including phenoxy) is 1. The van der Waals surface area contributed by atoms with Crippen molar-refractivity contribution in [1.82, 2.24) is 4.98 Å². The SMILES string of the molecule is COC(=O)c1ccccc1N1C(=O)CC(=Cc2cccc(Br)n2)C1=O. The summed E-state index contributed by atoms with van der Waals surface area (Å²) in [7, 11) is 1.25. The van der Waals surface area contributed by atoms with Crippen molar-refractivity contribution in [2.75, 3.05) is 12.0 Å².